The molecule has 0 aliphatic heterocycles. The second-order valence-electron chi connectivity index (χ2n) is 8.32. The van der Waals surface area contributed by atoms with Crippen molar-refractivity contribution < 1.29 is 13.2 Å². The predicted molar refractivity (Wildman–Crippen MR) is 142 cm³/mol. The summed E-state index contributed by atoms with van der Waals surface area (Å²) >= 11 is 11.7. The molecule has 2 amide bonds. The Morgan fingerprint density at radius 2 is 1.72 bits per heavy atom. The maximum atomic E-state index is 12.4. The number of aryl methyl sites for hydroxylation is 3. The number of rotatable bonds is 7. The average Bonchev–Trinajstić information content (AvgIpc) is 3.19. The summed E-state index contributed by atoms with van der Waals surface area (Å²) in [5, 5.41) is 2.87. The number of pyridine rings is 1. The molecule has 0 aliphatic carbocycles. The van der Waals surface area contributed by atoms with Gasteiger partial charge < -0.3 is 5.32 Å². The third kappa shape index (κ3) is 5.48. The molecule has 2 aromatic carbocycles. The number of fused-ring (bicyclic) bond motifs is 1. The highest BCUT2D eigenvalue weighted by Crippen LogP contribution is 2.25. The van der Waals surface area contributed by atoms with E-state index in [0.717, 1.165) is 45.9 Å². The van der Waals surface area contributed by atoms with Crippen molar-refractivity contribution in [1.29, 1.82) is 0 Å². The standard InChI is InChI=1S/C25H25Cl2N5O3S/c1-4-22-30-23-15(2)13-16(3)29-24(23)32(22)18-7-5-17(6-8-18)11-12-28-25(33)31-36(34,35)19-9-10-20(26)21(27)14-19/h5-10,13-14H,4,11-12H2,1-3H3,(H2,28,31,33). The van der Waals surface area contributed by atoms with Crippen molar-refractivity contribution in [3.05, 3.63) is 81.2 Å². The molecule has 0 radical (unpaired) electrons. The Labute approximate surface area is 219 Å². The lowest BCUT2D eigenvalue weighted by Gasteiger charge is -2.11. The predicted octanol–water partition coefficient (Wildman–Crippen LogP) is 5.14. The van der Waals surface area contributed by atoms with Crippen LogP contribution >= 0.6 is 23.2 Å². The largest absolute Gasteiger partial charge is 0.337 e. The maximum Gasteiger partial charge on any atom is 0.328 e. The lowest BCUT2D eigenvalue weighted by Crippen LogP contribution is -2.40. The lowest BCUT2D eigenvalue weighted by atomic mass is 10.1. The summed E-state index contributed by atoms with van der Waals surface area (Å²) in [6, 6.07) is 12.9. The molecule has 2 aromatic heterocycles. The van der Waals surface area contributed by atoms with Crippen LogP contribution in [-0.4, -0.2) is 35.5 Å². The monoisotopic (exact) mass is 545 g/mol. The number of sulfonamides is 1. The van der Waals surface area contributed by atoms with Crippen LogP contribution in [0.5, 0.6) is 0 Å². The third-order valence-corrected chi connectivity index (χ3v) is 7.71. The van der Waals surface area contributed by atoms with Crippen LogP contribution in [0.4, 0.5) is 4.79 Å². The van der Waals surface area contributed by atoms with Crippen LogP contribution in [0.2, 0.25) is 10.0 Å². The van der Waals surface area contributed by atoms with Crippen LogP contribution < -0.4 is 10.0 Å². The zero-order valence-electron chi connectivity index (χ0n) is 20.0. The average molecular weight is 546 g/mol. The maximum absolute atomic E-state index is 12.4. The molecular weight excluding hydrogens is 521 g/mol. The molecule has 0 unspecified atom stereocenters. The Balaban J connectivity index is 1.41. The van der Waals surface area contributed by atoms with Gasteiger partial charge in [-0.25, -0.2) is 27.9 Å². The molecule has 0 fully saturated rings. The minimum atomic E-state index is -4.08. The topological polar surface area (TPSA) is 106 Å². The fourth-order valence-corrected chi connectivity index (χ4v) is 5.22. The molecule has 4 aromatic rings. The summed E-state index contributed by atoms with van der Waals surface area (Å²) in [5.41, 5.74) is 5.69. The van der Waals surface area contributed by atoms with Gasteiger partial charge in [0.05, 0.1) is 14.9 Å². The van der Waals surface area contributed by atoms with E-state index in [-0.39, 0.29) is 21.5 Å². The smallest absolute Gasteiger partial charge is 0.328 e. The van der Waals surface area contributed by atoms with Gasteiger partial charge in [-0.1, -0.05) is 42.3 Å². The third-order valence-electron chi connectivity index (χ3n) is 5.64. The number of halogens is 2. The van der Waals surface area contributed by atoms with Crippen molar-refractivity contribution in [3.8, 4) is 5.69 Å². The van der Waals surface area contributed by atoms with Crippen molar-refractivity contribution in [2.24, 2.45) is 0 Å². The first-order valence-corrected chi connectivity index (χ1v) is 13.5. The van der Waals surface area contributed by atoms with Crippen molar-refractivity contribution in [2.75, 3.05) is 6.54 Å². The molecule has 2 N–H and O–H groups in total. The molecule has 0 saturated carbocycles. The van der Waals surface area contributed by atoms with Crippen LogP contribution in [0.1, 0.15) is 29.6 Å². The second-order valence-corrected chi connectivity index (χ2v) is 10.8. The highest BCUT2D eigenvalue weighted by Gasteiger charge is 2.19. The molecule has 188 valence electrons. The molecule has 8 nitrogen and oxygen atoms in total. The van der Waals surface area contributed by atoms with E-state index in [2.05, 4.69) is 16.8 Å². The number of benzene rings is 2. The number of nitrogens with one attached hydrogen (secondary N) is 2. The van der Waals surface area contributed by atoms with Gasteiger partial charge in [0.15, 0.2) is 5.65 Å². The highest BCUT2D eigenvalue weighted by molar-refractivity contribution is 7.90. The molecule has 2 heterocycles. The summed E-state index contributed by atoms with van der Waals surface area (Å²) in [5.74, 6) is 0.931. The number of hydrogen-bond donors (Lipinski definition) is 2. The van der Waals surface area contributed by atoms with Gasteiger partial charge in [0.2, 0.25) is 0 Å². The normalized spacial score (nSPS) is 11.6. The molecule has 0 spiro atoms. The van der Waals surface area contributed by atoms with Crippen molar-refractivity contribution in [3.63, 3.8) is 0 Å². The van der Waals surface area contributed by atoms with E-state index in [0.29, 0.717) is 6.42 Å². The van der Waals surface area contributed by atoms with Crippen molar-refractivity contribution in [1.82, 2.24) is 24.6 Å². The Bertz CT molecular complexity index is 1550. The first-order chi connectivity index (χ1) is 17.1. The van der Waals surface area contributed by atoms with Gasteiger partial charge in [-0.2, -0.15) is 0 Å². The molecule has 0 aliphatic rings. The van der Waals surface area contributed by atoms with Crippen LogP contribution in [0.15, 0.2) is 53.4 Å². The lowest BCUT2D eigenvalue weighted by molar-refractivity contribution is 0.246. The second kappa shape index (κ2) is 10.5. The van der Waals surface area contributed by atoms with E-state index in [1.165, 1.54) is 18.2 Å². The minimum absolute atomic E-state index is 0.0826. The van der Waals surface area contributed by atoms with E-state index >= 15 is 0 Å². The SMILES string of the molecule is CCc1nc2c(C)cc(C)nc2n1-c1ccc(CCNC(=O)NS(=O)(=O)c2ccc(Cl)c(Cl)c2)cc1. The zero-order chi connectivity index (χ0) is 26.0. The first kappa shape index (κ1) is 25.9. The molecule has 0 bridgehead atoms. The fourth-order valence-electron chi connectivity index (χ4n) is 3.91. The zero-order valence-corrected chi connectivity index (χ0v) is 22.3. The number of amides is 2. The van der Waals surface area contributed by atoms with E-state index in [4.69, 9.17) is 33.2 Å². The molecule has 0 saturated heterocycles. The van der Waals surface area contributed by atoms with Crippen LogP contribution in [0.3, 0.4) is 0 Å². The Hall–Kier alpha value is -3.14. The molecule has 36 heavy (non-hydrogen) atoms. The van der Waals surface area contributed by atoms with E-state index in [1.807, 2.05) is 48.9 Å². The number of nitrogens with zero attached hydrogens (tertiary/aromatic N) is 3. The van der Waals surface area contributed by atoms with Crippen molar-refractivity contribution in [2.45, 2.75) is 38.5 Å². The minimum Gasteiger partial charge on any atom is -0.337 e. The molecular formula is C25H25Cl2N5O3S. The number of imidazole rings is 1. The highest BCUT2D eigenvalue weighted by atomic mass is 35.5. The number of carbonyl (C=O) groups excluding carboxylic acids is 1. The summed E-state index contributed by atoms with van der Waals surface area (Å²) in [6.45, 7) is 6.32. The number of urea groups is 1. The van der Waals surface area contributed by atoms with Gasteiger partial charge in [0.25, 0.3) is 10.0 Å². The van der Waals surface area contributed by atoms with Gasteiger partial charge in [-0.3, -0.25) is 4.57 Å². The van der Waals surface area contributed by atoms with Gasteiger partial charge >= 0.3 is 6.03 Å². The Kier molecular flexibility index (Phi) is 7.54. The van der Waals surface area contributed by atoms with Crippen LogP contribution in [0.25, 0.3) is 16.9 Å². The van der Waals surface area contributed by atoms with Crippen molar-refractivity contribution >= 4 is 50.4 Å². The summed E-state index contributed by atoms with van der Waals surface area (Å²) in [7, 11) is -4.08. The fraction of sp³-hybridized carbons (Fsp3) is 0.240. The van der Waals surface area contributed by atoms with Gasteiger partial charge in [0, 0.05) is 24.3 Å². The quantitative estimate of drug-likeness (QED) is 0.334. The van der Waals surface area contributed by atoms with E-state index < -0.39 is 16.1 Å². The molecule has 4 rings (SSSR count). The number of aromatic nitrogens is 3. The van der Waals surface area contributed by atoms with E-state index in [1.54, 1.807) is 0 Å². The van der Waals surface area contributed by atoms with E-state index in [9.17, 15) is 13.2 Å². The number of hydrogen-bond acceptors (Lipinski definition) is 5. The summed E-state index contributed by atoms with van der Waals surface area (Å²) in [4.78, 5) is 21.5. The Morgan fingerprint density at radius 1 is 1.00 bits per heavy atom. The van der Waals surface area contributed by atoms with Crippen LogP contribution in [0, 0.1) is 13.8 Å². The molecule has 0 atom stereocenters. The molecule has 11 heteroatoms. The van der Waals surface area contributed by atoms with Crippen LogP contribution in [-0.2, 0) is 22.9 Å². The number of carbonyl (C=O) groups is 1. The first-order valence-electron chi connectivity index (χ1n) is 11.3. The summed E-state index contributed by atoms with van der Waals surface area (Å²) < 4.78 is 28.8. The van der Waals surface area contributed by atoms with Gasteiger partial charge in [-0.15, -0.1) is 0 Å². The van der Waals surface area contributed by atoms with Gasteiger partial charge in [-0.05, 0) is 67.8 Å². The Morgan fingerprint density at radius 3 is 2.39 bits per heavy atom. The summed E-state index contributed by atoms with van der Waals surface area (Å²) in [6.07, 6.45) is 1.28. The van der Waals surface area contributed by atoms with Gasteiger partial charge in [0.1, 0.15) is 11.3 Å².